The van der Waals surface area contributed by atoms with E-state index >= 15 is 0 Å². The molecular weight excluding hydrogens is 212 g/mol. The number of hydrogen-bond donors (Lipinski definition) is 1. The molecule has 78 valence electrons. The Bertz CT molecular complexity index is 482. The van der Waals surface area contributed by atoms with Crippen LogP contribution in [0.15, 0.2) is 27.8 Å². The largest absolute Gasteiger partial charge is 0.496 e. The molecule has 0 unspecified atom stereocenters. The Labute approximate surface area is 92.7 Å². The van der Waals surface area contributed by atoms with Gasteiger partial charge >= 0.3 is 0 Å². The summed E-state index contributed by atoms with van der Waals surface area (Å²) in [6.45, 7) is 1.99. The van der Waals surface area contributed by atoms with Crippen LogP contribution in [-0.4, -0.2) is 17.3 Å². The Hall–Kier alpha value is -1.49. The molecule has 0 bridgehead atoms. The highest BCUT2D eigenvalue weighted by Gasteiger charge is 2.11. The lowest BCUT2D eigenvalue weighted by molar-refractivity contribution is 0.411. The summed E-state index contributed by atoms with van der Waals surface area (Å²) in [4.78, 5) is 0. The molecule has 2 rings (SSSR count). The number of ether oxygens (including phenoxy) is 1. The van der Waals surface area contributed by atoms with E-state index in [-0.39, 0.29) is 5.22 Å². The minimum Gasteiger partial charge on any atom is -0.496 e. The van der Waals surface area contributed by atoms with E-state index in [9.17, 15) is 0 Å². The van der Waals surface area contributed by atoms with Gasteiger partial charge < -0.3 is 9.15 Å². The van der Waals surface area contributed by atoms with Gasteiger partial charge in [0.1, 0.15) is 5.75 Å². The summed E-state index contributed by atoms with van der Waals surface area (Å²) in [6.07, 6.45) is 0. The van der Waals surface area contributed by atoms with Gasteiger partial charge in [0.05, 0.1) is 12.7 Å². The predicted molar refractivity (Wildman–Crippen MR) is 58.3 cm³/mol. The summed E-state index contributed by atoms with van der Waals surface area (Å²) < 4.78 is 10.5. The van der Waals surface area contributed by atoms with Gasteiger partial charge in [-0.1, -0.05) is 18.7 Å². The third kappa shape index (κ3) is 1.97. The maximum Gasteiger partial charge on any atom is 0.273 e. The molecule has 15 heavy (non-hydrogen) atoms. The van der Waals surface area contributed by atoms with Gasteiger partial charge in [-0.05, 0) is 24.6 Å². The number of aryl methyl sites for hydroxylation is 1. The maximum atomic E-state index is 5.24. The Morgan fingerprint density at radius 3 is 2.73 bits per heavy atom. The minimum atomic E-state index is 0.243. The zero-order valence-electron chi connectivity index (χ0n) is 8.39. The zero-order chi connectivity index (χ0) is 10.8. The molecule has 0 saturated carbocycles. The smallest absolute Gasteiger partial charge is 0.273 e. The zero-order valence-corrected chi connectivity index (χ0v) is 9.28. The molecule has 5 heteroatoms. The normalized spacial score (nSPS) is 10.3. The van der Waals surface area contributed by atoms with Crippen molar-refractivity contribution in [2.24, 2.45) is 0 Å². The first-order valence-electron chi connectivity index (χ1n) is 4.38. The SMILES string of the molecule is COc1cc(C)ccc1-c1nnc(S)o1. The second-order valence-electron chi connectivity index (χ2n) is 3.09. The molecule has 0 amide bonds. The van der Waals surface area contributed by atoms with Gasteiger partial charge in [-0.3, -0.25) is 0 Å². The number of thiol groups is 1. The van der Waals surface area contributed by atoms with Gasteiger partial charge in [-0.25, -0.2) is 0 Å². The lowest BCUT2D eigenvalue weighted by atomic mass is 10.1. The molecule has 1 aromatic carbocycles. The van der Waals surface area contributed by atoms with Crippen LogP contribution in [0, 0.1) is 6.92 Å². The minimum absolute atomic E-state index is 0.243. The van der Waals surface area contributed by atoms with Crippen LogP contribution in [0.4, 0.5) is 0 Å². The topological polar surface area (TPSA) is 48.2 Å². The van der Waals surface area contributed by atoms with Gasteiger partial charge in [0.2, 0.25) is 0 Å². The van der Waals surface area contributed by atoms with Gasteiger partial charge in [0.15, 0.2) is 0 Å². The highest BCUT2D eigenvalue weighted by atomic mass is 32.1. The maximum absolute atomic E-state index is 5.24. The van der Waals surface area contributed by atoms with E-state index in [4.69, 9.17) is 9.15 Å². The van der Waals surface area contributed by atoms with E-state index in [1.807, 2.05) is 25.1 Å². The number of hydrogen-bond acceptors (Lipinski definition) is 5. The molecule has 0 fully saturated rings. The summed E-state index contributed by atoms with van der Waals surface area (Å²) in [5, 5.41) is 7.78. The molecule has 0 saturated heterocycles. The second kappa shape index (κ2) is 3.94. The standard InChI is InChI=1S/C10H10N2O2S/c1-6-3-4-7(8(5-6)13-2)9-11-12-10(15)14-9/h3-5H,1-2H3,(H,12,15). The second-order valence-corrected chi connectivity index (χ2v) is 3.48. The van der Waals surface area contributed by atoms with Crippen molar-refractivity contribution in [2.75, 3.05) is 7.11 Å². The van der Waals surface area contributed by atoms with Crippen molar-refractivity contribution in [1.82, 2.24) is 10.2 Å². The fraction of sp³-hybridized carbons (Fsp3) is 0.200. The van der Waals surface area contributed by atoms with Crippen LogP contribution in [-0.2, 0) is 0 Å². The van der Waals surface area contributed by atoms with E-state index in [0.717, 1.165) is 11.1 Å². The van der Waals surface area contributed by atoms with Crippen molar-refractivity contribution in [3.8, 4) is 17.2 Å². The van der Waals surface area contributed by atoms with Crippen molar-refractivity contribution in [2.45, 2.75) is 12.1 Å². The van der Waals surface area contributed by atoms with Crippen LogP contribution < -0.4 is 4.74 Å². The summed E-state index contributed by atoms with van der Waals surface area (Å²) in [5.41, 5.74) is 1.89. The molecule has 0 atom stereocenters. The fourth-order valence-electron chi connectivity index (χ4n) is 1.30. The molecule has 0 aliphatic heterocycles. The van der Waals surface area contributed by atoms with Crippen molar-refractivity contribution in [3.05, 3.63) is 23.8 Å². The number of aromatic nitrogens is 2. The van der Waals surface area contributed by atoms with E-state index in [0.29, 0.717) is 11.6 Å². The van der Waals surface area contributed by atoms with Crippen LogP contribution in [0.25, 0.3) is 11.5 Å². The van der Waals surface area contributed by atoms with Crippen molar-refractivity contribution < 1.29 is 9.15 Å². The van der Waals surface area contributed by atoms with Crippen LogP contribution in [0.5, 0.6) is 5.75 Å². The number of nitrogens with zero attached hydrogens (tertiary/aromatic N) is 2. The predicted octanol–water partition coefficient (Wildman–Crippen LogP) is 2.34. The monoisotopic (exact) mass is 222 g/mol. The lowest BCUT2D eigenvalue weighted by Crippen LogP contribution is -1.89. The molecule has 0 aliphatic rings. The first kappa shape index (κ1) is 10.0. The Morgan fingerprint density at radius 2 is 2.13 bits per heavy atom. The Balaban J connectivity index is 2.52. The van der Waals surface area contributed by atoms with E-state index < -0.39 is 0 Å². The van der Waals surface area contributed by atoms with Gasteiger partial charge in [0, 0.05) is 0 Å². The van der Waals surface area contributed by atoms with Crippen molar-refractivity contribution in [3.63, 3.8) is 0 Å². The molecule has 0 spiro atoms. The van der Waals surface area contributed by atoms with E-state index in [1.165, 1.54) is 0 Å². The van der Waals surface area contributed by atoms with Gasteiger partial charge in [-0.2, -0.15) is 0 Å². The van der Waals surface area contributed by atoms with E-state index in [2.05, 4.69) is 22.8 Å². The summed E-state index contributed by atoms with van der Waals surface area (Å²) in [5.74, 6) is 1.13. The van der Waals surface area contributed by atoms with Crippen LogP contribution >= 0.6 is 12.6 Å². The van der Waals surface area contributed by atoms with Crippen LogP contribution in [0.3, 0.4) is 0 Å². The summed E-state index contributed by atoms with van der Waals surface area (Å²) in [6, 6.07) is 5.76. The number of rotatable bonds is 2. The molecule has 0 radical (unpaired) electrons. The third-order valence-corrected chi connectivity index (χ3v) is 2.18. The highest BCUT2D eigenvalue weighted by Crippen LogP contribution is 2.30. The van der Waals surface area contributed by atoms with E-state index in [1.54, 1.807) is 7.11 Å². The Morgan fingerprint density at radius 1 is 1.33 bits per heavy atom. The average Bonchev–Trinajstić information content (AvgIpc) is 2.64. The fourth-order valence-corrected chi connectivity index (χ4v) is 1.43. The Kier molecular flexibility index (Phi) is 2.64. The van der Waals surface area contributed by atoms with Crippen molar-refractivity contribution >= 4 is 12.6 Å². The number of benzene rings is 1. The first-order valence-corrected chi connectivity index (χ1v) is 4.83. The molecule has 2 aromatic rings. The average molecular weight is 222 g/mol. The third-order valence-electron chi connectivity index (χ3n) is 2.00. The summed E-state index contributed by atoms with van der Waals surface area (Å²) in [7, 11) is 1.61. The van der Waals surface area contributed by atoms with Crippen LogP contribution in [0.1, 0.15) is 5.56 Å². The molecule has 0 aliphatic carbocycles. The van der Waals surface area contributed by atoms with Crippen molar-refractivity contribution in [1.29, 1.82) is 0 Å². The summed E-state index contributed by atoms with van der Waals surface area (Å²) >= 11 is 3.96. The number of methoxy groups -OCH3 is 1. The molecule has 1 heterocycles. The molecule has 1 aromatic heterocycles. The first-order chi connectivity index (χ1) is 7.20. The lowest BCUT2D eigenvalue weighted by Gasteiger charge is -2.05. The van der Waals surface area contributed by atoms with Gasteiger partial charge in [0.25, 0.3) is 11.1 Å². The molecule has 0 N–H and O–H groups in total. The van der Waals surface area contributed by atoms with Gasteiger partial charge in [-0.15, -0.1) is 10.2 Å². The highest BCUT2D eigenvalue weighted by molar-refractivity contribution is 7.80. The molecular formula is C10H10N2O2S. The quantitative estimate of drug-likeness (QED) is 0.792. The van der Waals surface area contributed by atoms with Crippen LogP contribution in [0.2, 0.25) is 0 Å². The molecule has 4 nitrogen and oxygen atoms in total.